The van der Waals surface area contributed by atoms with Crippen LogP contribution in [-0.2, 0) is 4.79 Å². The average molecular weight is 161 g/mol. The van der Waals surface area contributed by atoms with Gasteiger partial charge in [-0.15, -0.1) is 0 Å². The molecule has 3 atom stereocenters. The Labute approximate surface area is 64.4 Å². The lowest BCUT2D eigenvalue weighted by Crippen LogP contribution is -2.30. The first-order valence-electron chi connectivity index (χ1n) is 3.69. The largest absolute Gasteiger partial charge is 0.480 e. The van der Waals surface area contributed by atoms with E-state index < -0.39 is 12.0 Å². The van der Waals surface area contributed by atoms with E-state index in [9.17, 15) is 9.18 Å². The molecule has 0 aromatic carbocycles. The predicted octanol–water partition coefficient (Wildman–Crippen LogP) is 0.394. The Morgan fingerprint density at radius 2 is 2.36 bits per heavy atom. The third kappa shape index (κ3) is 2.15. The number of hydrogen-bond acceptors (Lipinski definition) is 2. The summed E-state index contributed by atoms with van der Waals surface area (Å²) in [6.45, 7) is -0.336. The molecule has 0 heterocycles. The molecule has 0 aliphatic heterocycles. The normalized spacial score (nSPS) is 31.5. The molecule has 0 spiro atoms. The van der Waals surface area contributed by atoms with Gasteiger partial charge in [-0.2, -0.15) is 0 Å². The van der Waals surface area contributed by atoms with Gasteiger partial charge in [-0.1, -0.05) is 0 Å². The van der Waals surface area contributed by atoms with Crippen molar-refractivity contribution in [2.75, 3.05) is 6.67 Å². The fourth-order valence-electron chi connectivity index (χ4n) is 1.21. The SMILES string of the molecule is N[C@H](C[C@@H]1C[C@H]1CF)C(=O)O. The summed E-state index contributed by atoms with van der Waals surface area (Å²) < 4.78 is 11.9. The van der Waals surface area contributed by atoms with Crippen LogP contribution in [0.3, 0.4) is 0 Å². The monoisotopic (exact) mass is 161 g/mol. The predicted molar refractivity (Wildman–Crippen MR) is 37.8 cm³/mol. The lowest BCUT2D eigenvalue weighted by atomic mass is 10.1. The first-order chi connectivity index (χ1) is 5.15. The second-order valence-electron chi connectivity index (χ2n) is 3.09. The van der Waals surface area contributed by atoms with Crippen LogP contribution in [0.4, 0.5) is 4.39 Å². The van der Waals surface area contributed by atoms with E-state index in [1.165, 1.54) is 0 Å². The molecule has 0 saturated heterocycles. The highest BCUT2D eigenvalue weighted by Crippen LogP contribution is 2.41. The molecule has 3 N–H and O–H groups in total. The number of aliphatic carboxylic acids is 1. The molecule has 0 radical (unpaired) electrons. The molecule has 0 aromatic heterocycles. The van der Waals surface area contributed by atoms with Gasteiger partial charge in [-0.05, 0) is 24.7 Å². The topological polar surface area (TPSA) is 63.3 Å². The first-order valence-corrected chi connectivity index (χ1v) is 3.69. The lowest BCUT2D eigenvalue weighted by Gasteiger charge is -2.03. The van der Waals surface area contributed by atoms with Gasteiger partial charge in [0, 0.05) is 0 Å². The molecule has 1 rings (SSSR count). The van der Waals surface area contributed by atoms with Crippen LogP contribution in [0.25, 0.3) is 0 Å². The summed E-state index contributed by atoms with van der Waals surface area (Å²) in [4.78, 5) is 10.2. The van der Waals surface area contributed by atoms with Gasteiger partial charge in [0.2, 0.25) is 0 Å². The molecular formula is C7H12FNO2. The van der Waals surface area contributed by atoms with E-state index in [2.05, 4.69) is 0 Å². The minimum atomic E-state index is -0.991. The van der Waals surface area contributed by atoms with Crippen LogP contribution in [0.5, 0.6) is 0 Å². The van der Waals surface area contributed by atoms with Crippen molar-refractivity contribution in [1.29, 1.82) is 0 Å². The Bertz CT molecular complexity index is 163. The molecule has 1 saturated carbocycles. The number of hydrogen-bond donors (Lipinski definition) is 2. The van der Waals surface area contributed by atoms with Gasteiger partial charge in [0.1, 0.15) is 6.04 Å². The summed E-state index contributed by atoms with van der Waals surface area (Å²) in [7, 11) is 0. The smallest absolute Gasteiger partial charge is 0.320 e. The quantitative estimate of drug-likeness (QED) is 0.627. The van der Waals surface area contributed by atoms with Gasteiger partial charge in [-0.3, -0.25) is 9.18 Å². The van der Waals surface area contributed by atoms with Crippen molar-refractivity contribution in [3.63, 3.8) is 0 Å². The molecule has 1 aliphatic rings. The Morgan fingerprint density at radius 1 is 1.73 bits per heavy atom. The van der Waals surface area contributed by atoms with E-state index in [0.29, 0.717) is 6.42 Å². The summed E-state index contributed by atoms with van der Waals surface area (Å²) in [6, 6.07) is -0.809. The molecule has 11 heavy (non-hydrogen) atoms. The molecule has 3 nitrogen and oxygen atoms in total. The number of halogens is 1. The van der Waals surface area contributed by atoms with Gasteiger partial charge in [-0.25, -0.2) is 0 Å². The number of carboxylic acid groups (broad SMARTS) is 1. The summed E-state index contributed by atoms with van der Waals surface area (Å²) in [5, 5.41) is 8.40. The van der Waals surface area contributed by atoms with Crippen LogP contribution < -0.4 is 5.73 Å². The fourth-order valence-corrected chi connectivity index (χ4v) is 1.21. The Hall–Kier alpha value is -0.640. The number of rotatable bonds is 4. The molecule has 4 heteroatoms. The minimum Gasteiger partial charge on any atom is -0.480 e. The number of carbonyl (C=O) groups is 1. The maximum Gasteiger partial charge on any atom is 0.320 e. The summed E-state index contributed by atoms with van der Waals surface area (Å²) >= 11 is 0. The van der Waals surface area contributed by atoms with Crippen LogP contribution in [0.2, 0.25) is 0 Å². The number of carboxylic acids is 1. The zero-order chi connectivity index (χ0) is 8.43. The molecule has 0 amide bonds. The summed E-state index contributed by atoms with van der Waals surface area (Å²) in [5.41, 5.74) is 5.25. The van der Waals surface area contributed by atoms with E-state index in [1.807, 2.05) is 0 Å². The van der Waals surface area contributed by atoms with Crippen molar-refractivity contribution >= 4 is 5.97 Å². The van der Waals surface area contributed by atoms with E-state index in [4.69, 9.17) is 10.8 Å². The third-order valence-electron chi connectivity index (χ3n) is 2.14. The van der Waals surface area contributed by atoms with E-state index in [1.54, 1.807) is 0 Å². The highest BCUT2D eigenvalue weighted by atomic mass is 19.1. The number of alkyl halides is 1. The van der Waals surface area contributed by atoms with Crippen LogP contribution in [0.15, 0.2) is 0 Å². The Balaban J connectivity index is 2.18. The van der Waals surface area contributed by atoms with Crippen LogP contribution in [0, 0.1) is 11.8 Å². The molecule has 64 valence electrons. The van der Waals surface area contributed by atoms with Gasteiger partial charge in [0.05, 0.1) is 6.67 Å². The average Bonchev–Trinajstić information content (AvgIpc) is 2.67. The minimum absolute atomic E-state index is 0.0837. The van der Waals surface area contributed by atoms with Crippen molar-refractivity contribution in [2.45, 2.75) is 18.9 Å². The molecule has 0 aromatic rings. The third-order valence-corrected chi connectivity index (χ3v) is 2.14. The van der Waals surface area contributed by atoms with Gasteiger partial charge < -0.3 is 10.8 Å². The van der Waals surface area contributed by atoms with Crippen molar-refractivity contribution in [3.05, 3.63) is 0 Å². The first kappa shape index (κ1) is 8.46. The maximum absolute atomic E-state index is 11.9. The van der Waals surface area contributed by atoms with Gasteiger partial charge in [0.15, 0.2) is 0 Å². The van der Waals surface area contributed by atoms with Gasteiger partial charge >= 0.3 is 5.97 Å². The summed E-state index contributed by atoms with van der Waals surface area (Å²) in [5.74, 6) is -0.694. The Kier molecular flexibility index (Phi) is 2.44. The van der Waals surface area contributed by atoms with Crippen LogP contribution >= 0.6 is 0 Å². The molecule has 0 bridgehead atoms. The standard InChI is InChI=1S/C7H12FNO2/c8-3-5-1-4(5)2-6(9)7(10)11/h4-6H,1-3,9H2,(H,10,11)/t4-,5-,6+/m0/s1. The molecule has 1 aliphatic carbocycles. The molecular weight excluding hydrogens is 149 g/mol. The van der Waals surface area contributed by atoms with Crippen LogP contribution in [-0.4, -0.2) is 23.8 Å². The summed E-state index contributed by atoms with van der Waals surface area (Å²) in [6.07, 6.45) is 1.22. The van der Waals surface area contributed by atoms with E-state index >= 15 is 0 Å². The second-order valence-corrected chi connectivity index (χ2v) is 3.09. The van der Waals surface area contributed by atoms with Gasteiger partial charge in [0.25, 0.3) is 0 Å². The molecule has 1 fully saturated rings. The van der Waals surface area contributed by atoms with E-state index in [-0.39, 0.29) is 18.5 Å². The highest BCUT2D eigenvalue weighted by Gasteiger charge is 2.38. The second kappa shape index (κ2) is 3.17. The molecule has 0 unspecified atom stereocenters. The maximum atomic E-state index is 11.9. The lowest BCUT2D eigenvalue weighted by molar-refractivity contribution is -0.138. The Morgan fingerprint density at radius 3 is 2.73 bits per heavy atom. The fraction of sp³-hybridized carbons (Fsp3) is 0.857. The van der Waals surface area contributed by atoms with Crippen molar-refractivity contribution < 1.29 is 14.3 Å². The van der Waals surface area contributed by atoms with Crippen molar-refractivity contribution in [2.24, 2.45) is 17.6 Å². The van der Waals surface area contributed by atoms with Crippen LogP contribution in [0.1, 0.15) is 12.8 Å². The zero-order valence-corrected chi connectivity index (χ0v) is 6.16. The van der Waals surface area contributed by atoms with Crippen molar-refractivity contribution in [3.8, 4) is 0 Å². The van der Waals surface area contributed by atoms with E-state index in [0.717, 1.165) is 6.42 Å². The number of nitrogens with two attached hydrogens (primary N) is 1. The zero-order valence-electron chi connectivity index (χ0n) is 6.16. The highest BCUT2D eigenvalue weighted by molar-refractivity contribution is 5.73. The van der Waals surface area contributed by atoms with Crippen molar-refractivity contribution in [1.82, 2.24) is 0 Å².